The first-order valence-corrected chi connectivity index (χ1v) is 9.32. The van der Waals surface area contributed by atoms with E-state index in [1.165, 1.54) is 5.56 Å². The molecule has 0 bridgehead atoms. The van der Waals surface area contributed by atoms with Gasteiger partial charge in [-0.05, 0) is 17.0 Å². The monoisotopic (exact) mass is 248 g/mol. The van der Waals surface area contributed by atoms with E-state index < -0.39 is 8.07 Å². The molecular weight excluding hydrogens is 224 g/mol. The first-order chi connectivity index (χ1) is 7.75. The van der Waals surface area contributed by atoms with E-state index >= 15 is 0 Å². The molecule has 0 unspecified atom stereocenters. The van der Waals surface area contributed by atoms with E-state index in [1.807, 2.05) is 18.2 Å². The molecule has 0 radical (unpaired) electrons. The van der Waals surface area contributed by atoms with Crippen molar-refractivity contribution >= 4 is 13.5 Å². The smallest absolute Gasteiger partial charge is 0.132 e. The number of hydrogen-bond donors (Lipinski definition) is 0. The summed E-state index contributed by atoms with van der Waals surface area (Å²) in [5.74, 6) is 0. The fraction of sp³-hybridized carbons (Fsp3) is 0.533. The van der Waals surface area contributed by atoms with Gasteiger partial charge in [0.1, 0.15) is 13.5 Å². The summed E-state index contributed by atoms with van der Waals surface area (Å²) >= 11 is 0. The zero-order chi connectivity index (χ0) is 13.1. The Morgan fingerprint density at radius 1 is 1.12 bits per heavy atom. The Labute approximate surface area is 106 Å². The van der Waals surface area contributed by atoms with Crippen LogP contribution in [0, 0.1) is 0 Å². The second-order valence-electron chi connectivity index (χ2n) is 6.28. The summed E-state index contributed by atoms with van der Waals surface area (Å²) in [5.41, 5.74) is 1.26. The van der Waals surface area contributed by atoms with Crippen LogP contribution in [0.4, 0.5) is 0 Å². The van der Waals surface area contributed by atoms with Crippen LogP contribution in [0.3, 0.4) is 0 Å². The molecule has 0 spiro atoms. The van der Waals surface area contributed by atoms with E-state index in [2.05, 4.69) is 46.0 Å². The number of carbonyl (C=O) groups excluding carboxylic acids is 1. The number of hydrogen-bond acceptors (Lipinski definition) is 1. The van der Waals surface area contributed by atoms with Crippen LogP contribution in [-0.2, 0) is 11.2 Å². The van der Waals surface area contributed by atoms with Crippen molar-refractivity contribution in [2.75, 3.05) is 0 Å². The van der Waals surface area contributed by atoms with Crippen LogP contribution in [0.15, 0.2) is 30.3 Å². The molecule has 0 N–H and O–H groups in total. The minimum Gasteiger partial charge on any atom is -0.305 e. The van der Waals surface area contributed by atoms with Gasteiger partial charge in [0.25, 0.3) is 0 Å². The van der Waals surface area contributed by atoms with E-state index in [4.69, 9.17) is 0 Å². The zero-order valence-corrected chi connectivity index (χ0v) is 12.7. The molecule has 0 saturated heterocycles. The molecule has 1 aromatic rings. The SMILES string of the molecule is CC(C)(C)[Si](C)(C)C(=O)CCc1ccccc1. The van der Waals surface area contributed by atoms with Crippen LogP contribution in [0.5, 0.6) is 0 Å². The van der Waals surface area contributed by atoms with E-state index in [0.717, 1.165) is 6.42 Å². The van der Waals surface area contributed by atoms with Crippen molar-refractivity contribution in [3.05, 3.63) is 35.9 Å². The molecular formula is C15H24OSi. The van der Waals surface area contributed by atoms with Crippen LogP contribution >= 0.6 is 0 Å². The standard InChI is InChI=1S/C15H24OSi/c1-15(2,3)17(4,5)14(16)12-11-13-9-7-6-8-10-13/h6-10H,11-12H2,1-5H3. The maximum absolute atomic E-state index is 12.3. The van der Waals surface area contributed by atoms with Gasteiger partial charge in [-0.25, -0.2) is 0 Å². The Balaban J connectivity index is 2.62. The third-order valence-electron chi connectivity index (χ3n) is 4.06. The molecule has 94 valence electrons. The Morgan fingerprint density at radius 2 is 1.65 bits per heavy atom. The fourth-order valence-corrected chi connectivity index (χ4v) is 3.22. The molecule has 1 rings (SSSR count). The molecule has 0 aliphatic heterocycles. The second kappa shape index (κ2) is 5.17. The molecule has 0 atom stereocenters. The van der Waals surface area contributed by atoms with Crippen molar-refractivity contribution in [1.29, 1.82) is 0 Å². The lowest BCUT2D eigenvalue weighted by atomic mass is 10.1. The van der Waals surface area contributed by atoms with Crippen LogP contribution < -0.4 is 0 Å². The van der Waals surface area contributed by atoms with Crippen LogP contribution in [0.25, 0.3) is 0 Å². The highest BCUT2D eigenvalue weighted by molar-refractivity contribution is 7.06. The van der Waals surface area contributed by atoms with Gasteiger partial charge in [0, 0.05) is 6.42 Å². The average molecular weight is 248 g/mol. The largest absolute Gasteiger partial charge is 0.305 e. The van der Waals surface area contributed by atoms with Crippen LogP contribution in [0.1, 0.15) is 32.8 Å². The molecule has 0 fully saturated rings. The van der Waals surface area contributed by atoms with Crippen molar-refractivity contribution in [2.45, 2.75) is 51.7 Å². The minimum atomic E-state index is -1.80. The predicted octanol–water partition coefficient (Wildman–Crippen LogP) is 4.24. The molecule has 2 heteroatoms. The third-order valence-corrected chi connectivity index (χ3v) is 9.45. The first-order valence-electron chi connectivity index (χ1n) is 6.32. The lowest BCUT2D eigenvalue weighted by Crippen LogP contribution is -2.46. The summed E-state index contributed by atoms with van der Waals surface area (Å²) in [7, 11) is -1.80. The average Bonchev–Trinajstić information content (AvgIpc) is 2.25. The van der Waals surface area contributed by atoms with Crippen molar-refractivity contribution in [1.82, 2.24) is 0 Å². The number of carbonyl (C=O) groups is 1. The van der Waals surface area contributed by atoms with Gasteiger partial charge in [0.15, 0.2) is 0 Å². The lowest BCUT2D eigenvalue weighted by molar-refractivity contribution is -0.112. The molecule has 0 aromatic heterocycles. The molecule has 0 amide bonds. The molecule has 0 saturated carbocycles. The van der Waals surface area contributed by atoms with Gasteiger partial charge in [-0.2, -0.15) is 0 Å². The first kappa shape index (κ1) is 14.2. The van der Waals surface area contributed by atoms with E-state index in [9.17, 15) is 4.79 Å². The predicted molar refractivity (Wildman–Crippen MR) is 77.0 cm³/mol. The van der Waals surface area contributed by atoms with Crippen LogP contribution in [-0.4, -0.2) is 13.5 Å². The van der Waals surface area contributed by atoms with Gasteiger partial charge in [0.05, 0.1) is 0 Å². The Hall–Kier alpha value is -0.893. The quantitative estimate of drug-likeness (QED) is 0.729. The maximum atomic E-state index is 12.3. The zero-order valence-electron chi connectivity index (χ0n) is 11.7. The summed E-state index contributed by atoms with van der Waals surface area (Å²) in [5, 5.41) is 0.648. The van der Waals surface area contributed by atoms with Crippen molar-refractivity contribution in [3.8, 4) is 0 Å². The minimum absolute atomic E-state index is 0.154. The Bertz CT molecular complexity index is 374. The normalized spacial score (nSPS) is 12.5. The Morgan fingerprint density at radius 3 is 2.12 bits per heavy atom. The summed E-state index contributed by atoms with van der Waals surface area (Å²) < 4.78 is 0. The van der Waals surface area contributed by atoms with Crippen molar-refractivity contribution < 1.29 is 4.79 Å². The van der Waals surface area contributed by atoms with Gasteiger partial charge >= 0.3 is 0 Å². The molecule has 0 heterocycles. The second-order valence-corrected chi connectivity index (χ2v) is 11.6. The highest BCUT2D eigenvalue weighted by atomic mass is 28.3. The summed E-state index contributed by atoms with van der Waals surface area (Å²) in [6, 6.07) is 10.3. The summed E-state index contributed by atoms with van der Waals surface area (Å²) in [4.78, 5) is 12.3. The van der Waals surface area contributed by atoms with Crippen molar-refractivity contribution in [3.63, 3.8) is 0 Å². The maximum Gasteiger partial charge on any atom is 0.132 e. The van der Waals surface area contributed by atoms with Gasteiger partial charge in [-0.15, -0.1) is 0 Å². The van der Waals surface area contributed by atoms with E-state index in [1.54, 1.807) is 0 Å². The van der Waals surface area contributed by atoms with Gasteiger partial charge in [0.2, 0.25) is 0 Å². The van der Waals surface area contributed by atoms with Crippen LogP contribution in [0.2, 0.25) is 18.1 Å². The third kappa shape index (κ3) is 3.53. The highest BCUT2D eigenvalue weighted by Crippen LogP contribution is 2.37. The van der Waals surface area contributed by atoms with E-state index in [-0.39, 0.29) is 5.04 Å². The van der Waals surface area contributed by atoms with E-state index in [0.29, 0.717) is 11.8 Å². The van der Waals surface area contributed by atoms with Gasteiger partial charge < -0.3 is 4.79 Å². The Kier molecular flexibility index (Phi) is 4.31. The topological polar surface area (TPSA) is 17.1 Å². The molecule has 0 aliphatic carbocycles. The summed E-state index contributed by atoms with van der Waals surface area (Å²) in [6.07, 6.45) is 1.58. The summed E-state index contributed by atoms with van der Waals surface area (Å²) in [6.45, 7) is 11.0. The number of benzene rings is 1. The number of rotatable bonds is 4. The molecule has 17 heavy (non-hydrogen) atoms. The molecule has 1 nitrogen and oxygen atoms in total. The highest BCUT2D eigenvalue weighted by Gasteiger charge is 2.41. The fourth-order valence-electron chi connectivity index (χ4n) is 1.63. The van der Waals surface area contributed by atoms with Crippen molar-refractivity contribution in [2.24, 2.45) is 0 Å². The lowest BCUT2D eigenvalue weighted by Gasteiger charge is -2.35. The van der Waals surface area contributed by atoms with Gasteiger partial charge in [-0.3, -0.25) is 0 Å². The molecule has 0 aliphatic rings. The van der Waals surface area contributed by atoms with Gasteiger partial charge in [-0.1, -0.05) is 64.2 Å². The molecule has 1 aromatic carbocycles. The number of aryl methyl sites for hydroxylation is 1.